The van der Waals surface area contributed by atoms with Gasteiger partial charge in [0.1, 0.15) is 17.0 Å². The molecule has 3 N–H and O–H groups in total. The Labute approximate surface area is 216 Å². The first-order chi connectivity index (χ1) is 18.4. The molecule has 0 unspecified atom stereocenters. The van der Waals surface area contributed by atoms with E-state index >= 15 is 0 Å². The maximum atomic E-state index is 13.5. The van der Waals surface area contributed by atoms with Crippen LogP contribution in [0.1, 0.15) is 0 Å². The van der Waals surface area contributed by atoms with E-state index in [0.717, 1.165) is 38.9 Å². The van der Waals surface area contributed by atoms with Crippen molar-refractivity contribution in [2.24, 2.45) is 0 Å². The normalized spacial score (nSPS) is 11.5. The SMILES string of the molecule is CN(C)CC(=O)Nc1cncc(-c2ccc3[nH]nc(-c4cc5c(-c6ccc(F)cc6)nccc5[nH]4)c3n2)c1. The lowest BCUT2D eigenvalue weighted by Gasteiger charge is -2.10. The summed E-state index contributed by atoms with van der Waals surface area (Å²) in [4.78, 5) is 31.1. The molecule has 0 atom stereocenters. The van der Waals surface area contributed by atoms with Gasteiger partial charge in [-0.15, -0.1) is 0 Å². The zero-order valence-corrected chi connectivity index (χ0v) is 20.7. The summed E-state index contributed by atoms with van der Waals surface area (Å²) in [5.41, 5.74) is 7.41. The third-order valence-corrected chi connectivity index (χ3v) is 6.11. The van der Waals surface area contributed by atoms with Crippen LogP contribution in [0.4, 0.5) is 10.1 Å². The van der Waals surface area contributed by atoms with Crippen LogP contribution in [0, 0.1) is 5.82 Å². The first-order valence-corrected chi connectivity index (χ1v) is 11.9. The number of rotatable bonds is 6. The molecule has 0 bridgehead atoms. The van der Waals surface area contributed by atoms with Crippen LogP contribution in [0.25, 0.3) is 55.8 Å². The Kier molecular flexibility index (Phi) is 5.85. The van der Waals surface area contributed by atoms with Crippen molar-refractivity contribution in [3.8, 4) is 33.9 Å². The van der Waals surface area contributed by atoms with E-state index in [1.165, 1.54) is 12.1 Å². The van der Waals surface area contributed by atoms with Gasteiger partial charge in [0.2, 0.25) is 5.91 Å². The summed E-state index contributed by atoms with van der Waals surface area (Å²) in [6, 6.07) is 15.8. The molecule has 9 nitrogen and oxygen atoms in total. The number of nitrogens with zero attached hydrogens (tertiary/aromatic N) is 5. The van der Waals surface area contributed by atoms with Gasteiger partial charge in [0.05, 0.1) is 41.0 Å². The number of fused-ring (bicyclic) bond motifs is 2. The molecule has 0 aliphatic rings. The third kappa shape index (κ3) is 4.48. The number of aromatic nitrogens is 6. The van der Waals surface area contributed by atoms with Gasteiger partial charge >= 0.3 is 0 Å². The molecule has 38 heavy (non-hydrogen) atoms. The fourth-order valence-electron chi connectivity index (χ4n) is 4.40. The molecule has 5 heterocycles. The van der Waals surface area contributed by atoms with Gasteiger partial charge in [0.15, 0.2) is 0 Å². The van der Waals surface area contributed by atoms with Gasteiger partial charge in [-0.25, -0.2) is 9.37 Å². The second kappa shape index (κ2) is 9.49. The van der Waals surface area contributed by atoms with Crippen LogP contribution >= 0.6 is 0 Å². The number of carbonyl (C=O) groups excluding carboxylic acids is 1. The van der Waals surface area contributed by atoms with Crippen LogP contribution in [0.15, 0.2) is 73.2 Å². The summed E-state index contributed by atoms with van der Waals surface area (Å²) in [7, 11) is 3.67. The second-order valence-corrected chi connectivity index (χ2v) is 9.22. The molecule has 0 spiro atoms. The molecule has 6 rings (SSSR count). The number of H-pyrrole nitrogens is 2. The number of carbonyl (C=O) groups is 1. The van der Waals surface area contributed by atoms with E-state index < -0.39 is 0 Å². The highest BCUT2D eigenvalue weighted by Crippen LogP contribution is 2.33. The monoisotopic (exact) mass is 506 g/mol. The first-order valence-electron chi connectivity index (χ1n) is 11.9. The highest BCUT2D eigenvalue weighted by Gasteiger charge is 2.16. The largest absolute Gasteiger partial charge is 0.353 e. The Morgan fingerprint density at radius 3 is 2.63 bits per heavy atom. The van der Waals surface area contributed by atoms with Crippen molar-refractivity contribution in [2.45, 2.75) is 0 Å². The lowest BCUT2D eigenvalue weighted by atomic mass is 10.1. The Balaban J connectivity index is 1.38. The van der Waals surface area contributed by atoms with Crippen molar-refractivity contribution in [1.29, 1.82) is 0 Å². The minimum absolute atomic E-state index is 0.122. The number of amides is 1. The summed E-state index contributed by atoms with van der Waals surface area (Å²) in [5, 5.41) is 11.3. The predicted molar refractivity (Wildman–Crippen MR) is 145 cm³/mol. The van der Waals surface area contributed by atoms with Crippen LogP contribution in [-0.4, -0.2) is 61.6 Å². The fourth-order valence-corrected chi connectivity index (χ4v) is 4.40. The number of halogens is 1. The quantitative estimate of drug-likeness (QED) is 0.297. The number of likely N-dealkylation sites (N-methyl/N-ethyl adjacent to an activating group) is 1. The highest BCUT2D eigenvalue weighted by atomic mass is 19.1. The zero-order chi connectivity index (χ0) is 26.2. The van der Waals surface area contributed by atoms with Crippen molar-refractivity contribution in [1.82, 2.24) is 35.0 Å². The Hall–Kier alpha value is -4.96. The molecule has 0 radical (unpaired) electrons. The van der Waals surface area contributed by atoms with Crippen LogP contribution < -0.4 is 5.32 Å². The van der Waals surface area contributed by atoms with Crippen molar-refractivity contribution in [2.75, 3.05) is 26.0 Å². The zero-order valence-electron chi connectivity index (χ0n) is 20.7. The summed E-state index contributed by atoms with van der Waals surface area (Å²) in [5.74, 6) is -0.417. The maximum Gasteiger partial charge on any atom is 0.238 e. The molecular weight excluding hydrogens is 483 g/mol. The molecule has 0 fully saturated rings. The van der Waals surface area contributed by atoms with Crippen LogP contribution in [0.3, 0.4) is 0 Å². The minimum atomic E-state index is -0.294. The van der Waals surface area contributed by atoms with Gasteiger partial charge in [-0.3, -0.25) is 19.9 Å². The first kappa shape index (κ1) is 23.4. The van der Waals surface area contributed by atoms with Crippen molar-refractivity contribution in [3.63, 3.8) is 0 Å². The van der Waals surface area contributed by atoms with Gasteiger partial charge in [-0.1, -0.05) is 0 Å². The van der Waals surface area contributed by atoms with Gasteiger partial charge in [0.25, 0.3) is 0 Å². The number of benzene rings is 1. The molecule has 5 aromatic heterocycles. The second-order valence-electron chi connectivity index (χ2n) is 9.22. The molecular formula is C28H23FN8O. The van der Waals surface area contributed by atoms with Crippen LogP contribution in [0.2, 0.25) is 0 Å². The molecule has 10 heteroatoms. The van der Waals surface area contributed by atoms with Gasteiger partial charge in [-0.2, -0.15) is 5.10 Å². The Morgan fingerprint density at radius 2 is 1.82 bits per heavy atom. The van der Waals surface area contributed by atoms with E-state index in [0.29, 0.717) is 22.6 Å². The fraction of sp³-hybridized carbons (Fsp3) is 0.107. The number of hydrogen-bond donors (Lipinski definition) is 3. The number of hydrogen-bond acceptors (Lipinski definition) is 6. The van der Waals surface area contributed by atoms with E-state index in [9.17, 15) is 9.18 Å². The maximum absolute atomic E-state index is 13.5. The minimum Gasteiger partial charge on any atom is -0.353 e. The van der Waals surface area contributed by atoms with Gasteiger partial charge in [-0.05, 0) is 68.7 Å². The van der Waals surface area contributed by atoms with E-state index in [4.69, 9.17) is 4.98 Å². The highest BCUT2D eigenvalue weighted by molar-refractivity contribution is 5.99. The lowest BCUT2D eigenvalue weighted by Crippen LogP contribution is -2.27. The number of anilines is 1. The lowest BCUT2D eigenvalue weighted by molar-refractivity contribution is -0.116. The summed E-state index contributed by atoms with van der Waals surface area (Å²) >= 11 is 0. The smallest absolute Gasteiger partial charge is 0.238 e. The van der Waals surface area contributed by atoms with E-state index in [1.54, 1.807) is 35.6 Å². The molecule has 6 aromatic rings. The van der Waals surface area contributed by atoms with Gasteiger partial charge in [0, 0.05) is 34.4 Å². The number of pyridine rings is 3. The molecule has 0 saturated heterocycles. The Bertz CT molecular complexity index is 1790. The van der Waals surface area contributed by atoms with E-state index in [1.807, 2.05) is 44.4 Å². The summed E-state index contributed by atoms with van der Waals surface area (Å²) < 4.78 is 13.5. The van der Waals surface area contributed by atoms with Crippen molar-refractivity contribution < 1.29 is 9.18 Å². The topological polar surface area (TPSA) is 115 Å². The Morgan fingerprint density at radius 1 is 0.974 bits per heavy atom. The third-order valence-electron chi connectivity index (χ3n) is 6.11. The average molecular weight is 507 g/mol. The standard InChI is InChI=1S/C28H23FN8O/c1-37(2)15-25(38)32-19-11-17(13-30-14-19)21-7-8-23-27(34-21)28(36-35-23)24-12-20-22(33-24)9-10-31-26(20)16-3-5-18(29)6-4-16/h3-14,33H,15H2,1-2H3,(H,32,38)(H,35,36). The molecule has 0 saturated carbocycles. The molecule has 1 aromatic carbocycles. The van der Waals surface area contributed by atoms with Crippen molar-refractivity contribution >= 4 is 33.5 Å². The van der Waals surface area contributed by atoms with Gasteiger partial charge < -0.3 is 15.2 Å². The van der Waals surface area contributed by atoms with Crippen molar-refractivity contribution in [3.05, 3.63) is 79.0 Å². The molecule has 1 amide bonds. The van der Waals surface area contributed by atoms with E-state index in [2.05, 4.69) is 30.5 Å². The summed E-state index contributed by atoms with van der Waals surface area (Å²) in [6.45, 7) is 0.274. The number of aromatic amines is 2. The summed E-state index contributed by atoms with van der Waals surface area (Å²) in [6.07, 6.45) is 5.03. The molecule has 0 aliphatic heterocycles. The van der Waals surface area contributed by atoms with Crippen LogP contribution in [0.5, 0.6) is 0 Å². The average Bonchev–Trinajstić information content (AvgIpc) is 3.52. The van der Waals surface area contributed by atoms with Crippen LogP contribution in [-0.2, 0) is 4.79 Å². The molecule has 188 valence electrons. The molecule has 0 aliphatic carbocycles. The number of nitrogens with one attached hydrogen (secondary N) is 3. The predicted octanol–water partition coefficient (Wildman–Crippen LogP) is 4.87. The van der Waals surface area contributed by atoms with E-state index in [-0.39, 0.29) is 18.3 Å².